The maximum atomic E-state index is 15.0. The van der Waals surface area contributed by atoms with Gasteiger partial charge in [0, 0.05) is 33.5 Å². The van der Waals surface area contributed by atoms with Crippen LogP contribution in [0.15, 0.2) is 231 Å². The molecule has 0 aliphatic heterocycles. The Morgan fingerprint density at radius 1 is 0.284 bits per heavy atom. The lowest BCUT2D eigenvalue weighted by Gasteiger charge is -2.30. The number of methoxy groups -OCH3 is 2. The zero-order chi connectivity index (χ0) is 50.5. The summed E-state index contributed by atoms with van der Waals surface area (Å²) >= 11 is 0. The summed E-state index contributed by atoms with van der Waals surface area (Å²) in [6.07, 6.45) is 0. The minimum atomic E-state index is -0.366. The normalized spacial score (nSPS) is 11.4. The van der Waals surface area contributed by atoms with E-state index in [9.17, 15) is 17.6 Å². The number of hydrogen-bond donors (Lipinski definition) is 0. The van der Waals surface area contributed by atoms with E-state index in [0.717, 1.165) is 88.7 Å². The Bertz CT molecular complexity index is 3670. The Labute approximate surface area is 425 Å². The van der Waals surface area contributed by atoms with E-state index >= 15 is 0 Å². The van der Waals surface area contributed by atoms with Crippen LogP contribution >= 0.6 is 0 Å². The number of anilines is 6. The van der Waals surface area contributed by atoms with Gasteiger partial charge in [-0.05, 0) is 212 Å². The maximum absolute atomic E-state index is 15.0. The number of halogens is 4. The summed E-state index contributed by atoms with van der Waals surface area (Å²) in [6, 6.07) is 70.9. The summed E-state index contributed by atoms with van der Waals surface area (Å²) in [7, 11) is 3.27. The van der Waals surface area contributed by atoms with Gasteiger partial charge in [-0.3, -0.25) is 0 Å². The van der Waals surface area contributed by atoms with Gasteiger partial charge < -0.3 is 19.3 Å². The van der Waals surface area contributed by atoms with Gasteiger partial charge in [0.25, 0.3) is 0 Å². The van der Waals surface area contributed by atoms with Gasteiger partial charge in [0.1, 0.15) is 34.8 Å². The Morgan fingerprint density at radius 2 is 0.595 bits per heavy atom. The van der Waals surface area contributed by atoms with Crippen molar-refractivity contribution in [2.75, 3.05) is 24.0 Å². The molecule has 358 valence electrons. The van der Waals surface area contributed by atoms with Crippen LogP contribution in [0.3, 0.4) is 0 Å². The van der Waals surface area contributed by atoms with E-state index in [1.54, 1.807) is 38.5 Å². The summed E-state index contributed by atoms with van der Waals surface area (Å²) < 4.78 is 71.1. The fourth-order valence-electron chi connectivity index (χ4n) is 10.3. The zero-order valence-corrected chi connectivity index (χ0v) is 40.2. The van der Waals surface area contributed by atoms with E-state index in [4.69, 9.17) is 9.47 Å². The number of benzene rings is 12. The van der Waals surface area contributed by atoms with Crippen molar-refractivity contribution in [3.63, 3.8) is 0 Å². The van der Waals surface area contributed by atoms with E-state index in [2.05, 4.69) is 58.3 Å². The molecule has 12 rings (SSSR count). The van der Waals surface area contributed by atoms with Crippen molar-refractivity contribution in [3.8, 4) is 56.0 Å². The molecule has 0 amide bonds. The Kier molecular flexibility index (Phi) is 11.7. The van der Waals surface area contributed by atoms with Crippen molar-refractivity contribution in [2.45, 2.75) is 0 Å². The van der Waals surface area contributed by atoms with E-state index < -0.39 is 0 Å². The molecule has 0 spiro atoms. The van der Waals surface area contributed by atoms with Gasteiger partial charge in [-0.25, -0.2) is 17.6 Å². The molecule has 12 aromatic rings. The standard InChI is InChI=1S/C66H44F4N2O2/c1-73-59-23-19-55(20-24-59)71(57-37-47(43-7-3-11-51(67)33-43)31-48(38-57)44-8-4-12-52(68)34-44)63-29-17-41-16-28-62-64(30-18-42-15-27-61(63)65(41)66(42)62)72(56-21-25-60(74-2)26-22-56)58-39-49(45-9-5-13-53(69)35-45)32-50(40-58)46-10-6-14-54(70)36-46/h3-40H,1-2H3. The van der Waals surface area contributed by atoms with Crippen molar-refractivity contribution in [3.05, 3.63) is 254 Å². The molecule has 0 heterocycles. The Balaban J connectivity index is 1.11. The molecule has 4 nitrogen and oxygen atoms in total. The Hall–Kier alpha value is -9.40. The van der Waals surface area contributed by atoms with Crippen molar-refractivity contribution >= 4 is 66.4 Å². The Morgan fingerprint density at radius 3 is 0.892 bits per heavy atom. The number of hydrogen-bond acceptors (Lipinski definition) is 4. The minimum Gasteiger partial charge on any atom is -0.497 e. The highest BCUT2D eigenvalue weighted by Crippen LogP contribution is 2.49. The summed E-state index contributed by atoms with van der Waals surface area (Å²) in [5.74, 6) is -0.0797. The second kappa shape index (κ2) is 19.0. The molecule has 0 atom stereocenters. The second-order valence-electron chi connectivity index (χ2n) is 18.2. The molecule has 0 saturated carbocycles. The molecule has 0 saturated heterocycles. The van der Waals surface area contributed by atoms with Gasteiger partial charge >= 0.3 is 0 Å². The molecule has 0 aliphatic carbocycles. The predicted molar refractivity (Wildman–Crippen MR) is 294 cm³/mol. The summed E-state index contributed by atoms with van der Waals surface area (Å²) in [4.78, 5) is 4.38. The first-order valence-electron chi connectivity index (χ1n) is 24.1. The van der Waals surface area contributed by atoms with Crippen molar-refractivity contribution in [1.29, 1.82) is 0 Å². The third kappa shape index (κ3) is 8.56. The molecular formula is C66H44F4N2O2. The van der Waals surface area contributed by atoms with Crippen LogP contribution in [0.25, 0.3) is 76.8 Å². The molecule has 0 N–H and O–H groups in total. The second-order valence-corrected chi connectivity index (χ2v) is 18.2. The molecule has 0 aromatic heterocycles. The maximum Gasteiger partial charge on any atom is 0.123 e. The molecule has 74 heavy (non-hydrogen) atoms. The van der Waals surface area contributed by atoms with Crippen LogP contribution in [0.4, 0.5) is 51.7 Å². The van der Waals surface area contributed by atoms with Gasteiger partial charge in [0.05, 0.1) is 25.6 Å². The van der Waals surface area contributed by atoms with Crippen LogP contribution in [-0.4, -0.2) is 14.2 Å². The SMILES string of the molecule is COc1ccc(N(c2cc(-c3cccc(F)c3)cc(-c3cccc(F)c3)c2)c2ccc3ccc4c(N(c5ccc(OC)cc5)c5cc(-c6cccc(F)c6)cc(-c6cccc(F)c6)c5)ccc5ccc2c3c54)cc1. The average Bonchev–Trinajstić information content (AvgIpc) is 3.43. The first-order chi connectivity index (χ1) is 36.2. The number of ether oxygens (including phenoxy) is 2. The molecule has 0 aliphatic rings. The average molecular weight is 973 g/mol. The lowest BCUT2D eigenvalue weighted by Crippen LogP contribution is -2.12. The van der Waals surface area contributed by atoms with Crippen LogP contribution < -0.4 is 19.3 Å². The van der Waals surface area contributed by atoms with Gasteiger partial charge in [-0.15, -0.1) is 0 Å². The third-order valence-corrected chi connectivity index (χ3v) is 13.7. The van der Waals surface area contributed by atoms with E-state index in [1.807, 2.05) is 109 Å². The highest BCUT2D eigenvalue weighted by molar-refractivity contribution is 6.28. The quantitative estimate of drug-likeness (QED) is 0.0900. The van der Waals surface area contributed by atoms with Gasteiger partial charge in [0.2, 0.25) is 0 Å². The first-order valence-corrected chi connectivity index (χ1v) is 24.1. The topological polar surface area (TPSA) is 24.9 Å². The fraction of sp³-hybridized carbons (Fsp3) is 0.0303. The molecule has 8 heteroatoms. The summed E-state index contributed by atoms with van der Waals surface area (Å²) in [5.41, 5.74) is 10.7. The van der Waals surface area contributed by atoms with Crippen LogP contribution in [0.2, 0.25) is 0 Å². The number of nitrogens with zero attached hydrogens (tertiary/aromatic N) is 2. The van der Waals surface area contributed by atoms with Crippen LogP contribution in [0, 0.1) is 23.3 Å². The van der Waals surface area contributed by atoms with Gasteiger partial charge in [-0.2, -0.15) is 0 Å². The van der Waals surface area contributed by atoms with Crippen LogP contribution in [-0.2, 0) is 0 Å². The minimum absolute atomic E-state index is 0.366. The highest BCUT2D eigenvalue weighted by Gasteiger charge is 2.24. The van der Waals surface area contributed by atoms with Crippen molar-refractivity contribution in [1.82, 2.24) is 0 Å². The molecule has 0 fully saturated rings. The predicted octanol–water partition coefficient (Wildman–Crippen LogP) is 18.8. The molecule has 12 aromatic carbocycles. The largest absolute Gasteiger partial charge is 0.497 e. The monoisotopic (exact) mass is 972 g/mol. The van der Waals surface area contributed by atoms with Crippen LogP contribution in [0.5, 0.6) is 11.5 Å². The van der Waals surface area contributed by atoms with Crippen molar-refractivity contribution < 1.29 is 27.0 Å². The molecular weight excluding hydrogens is 929 g/mol. The fourth-order valence-corrected chi connectivity index (χ4v) is 10.3. The van der Waals surface area contributed by atoms with Crippen LogP contribution in [0.1, 0.15) is 0 Å². The van der Waals surface area contributed by atoms with Gasteiger partial charge in [-0.1, -0.05) is 84.9 Å². The molecule has 0 radical (unpaired) electrons. The molecule has 0 unspecified atom stereocenters. The lowest BCUT2D eigenvalue weighted by molar-refractivity contribution is 0.414. The van der Waals surface area contributed by atoms with E-state index in [0.29, 0.717) is 33.8 Å². The summed E-state index contributed by atoms with van der Waals surface area (Å²) in [6.45, 7) is 0. The van der Waals surface area contributed by atoms with E-state index in [1.165, 1.54) is 48.5 Å². The van der Waals surface area contributed by atoms with Gasteiger partial charge in [0.15, 0.2) is 0 Å². The zero-order valence-electron chi connectivity index (χ0n) is 40.2. The number of rotatable bonds is 12. The molecule has 0 bridgehead atoms. The first kappa shape index (κ1) is 45.7. The highest BCUT2D eigenvalue weighted by atomic mass is 19.1. The summed E-state index contributed by atoms with van der Waals surface area (Å²) in [5, 5.41) is 6.06. The third-order valence-electron chi connectivity index (χ3n) is 13.7. The smallest absolute Gasteiger partial charge is 0.123 e. The van der Waals surface area contributed by atoms with Crippen molar-refractivity contribution in [2.24, 2.45) is 0 Å². The van der Waals surface area contributed by atoms with E-state index in [-0.39, 0.29) is 23.3 Å². The lowest BCUT2D eigenvalue weighted by atomic mass is 9.91.